The quantitative estimate of drug-likeness (QED) is 0.509. The van der Waals surface area contributed by atoms with E-state index in [0.717, 1.165) is 6.42 Å². The lowest BCUT2D eigenvalue weighted by Crippen LogP contribution is -1.80. The molecule has 0 aromatic carbocycles. The van der Waals surface area contributed by atoms with Crippen molar-refractivity contribution in [2.45, 2.75) is 6.42 Å². The Labute approximate surface area is 49.0 Å². The summed E-state index contributed by atoms with van der Waals surface area (Å²) in [6, 6.07) is 0. The van der Waals surface area contributed by atoms with Crippen LogP contribution in [0.3, 0.4) is 0 Å². The normalized spacial score (nSPS) is 36.1. The first-order valence-corrected chi connectivity index (χ1v) is 4.47. The number of hydrogen-bond donors (Lipinski definition) is 0. The summed E-state index contributed by atoms with van der Waals surface area (Å²) < 4.78 is 15.8. The molecule has 0 aromatic rings. The van der Waals surface area contributed by atoms with E-state index in [1.807, 2.05) is 6.08 Å². The molecule has 1 unspecified atom stereocenters. The van der Waals surface area contributed by atoms with E-state index in [4.69, 9.17) is 4.52 Å². The van der Waals surface area contributed by atoms with Gasteiger partial charge in [-0.3, -0.25) is 4.57 Å². The van der Waals surface area contributed by atoms with Crippen LogP contribution in [0.5, 0.6) is 0 Å². The van der Waals surface area contributed by atoms with Crippen molar-refractivity contribution in [3.8, 4) is 0 Å². The van der Waals surface area contributed by atoms with Crippen LogP contribution in [0, 0.1) is 0 Å². The molecular formula is C5H9O2P. The summed E-state index contributed by atoms with van der Waals surface area (Å²) >= 11 is 0. The van der Waals surface area contributed by atoms with E-state index in [2.05, 4.69) is 0 Å². The first-order valence-electron chi connectivity index (χ1n) is 2.59. The molecule has 8 heavy (non-hydrogen) atoms. The van der Waals surface area contributed by atoms with E-state index < -0.39 is 7.37 Å². The SMILES string of the molecule is COP1(=O)C=CCC1. The molecule has 1 aliphatic heterocycles. The average Bonchev–Trinajstić information content (AvgIpc) is 2.17. The van der Waals surface area contributed by atoms with E-state index in [0.29, 0.717) is 6.16 Å². The lowest BCUT2D eigenvalue weighted by Gasteiger charge is -2.02. The third kappa shape index (κ3) is 1.01. The molecule has 1 aliphatic rings. The molecule has 0 bridgehead atoms. The van der Waals surface area contributed by atoms with Crippen molar-refractivity contribution in [3.05, 3.63) is 11.9 Å². The van der Waals surface area contributed by atoms with Gasteiger partial charge in [0.25, 0.3) is 0 Å². The maximum Gasteiger partial charge on any atom is 0.224 e. The van der Waals surface area contributed by atoms with Crippen molar-refractivity contribution in [2.24, 2.45) is 0 Å². The van der Waals surface area contributed by atoms with E-state index in [1.165, 1.54) is 7.11 Å². The Morgan fingerprint density at radius 2 is 2.50 bits per heavy atom. The second kappa shape index (κ2) is 2.04. The fraction of sp³-hybridized carbons (Fsp3) is 0.600. The molecule has 0 spiro atoms. The highest BCUT2D eigenvalue weighted by atomic mass is 31.2. The maximum absolute atomic E-state index is 11.1. The van der Waals surface area contributed by atoms with Crippen molar-refractivity contribution in [1.29, 1.82) is 0 Å². The van der Waals surface area contributed by atoms with Crippen molar-refractivity contribution in [2.75, 3.05) is 13.3 Å². The Morgan fingerprint density at radius 1 is 1.75 bits per heavy atom. The third-order valence-electron chi connectivity index (χ3n) is 1.25. The molecule has 1 atom stereocenters. The standard InChI is InChI=1S/C5H9O2P/c1-7-8(6)4-2-3-5-8/h2,4H,3,5H2,1H3. The van der Waals surface area contributed by atoms with E-state index >= 15 is 0 Å². The summed E-state index contributed by atoms with van der Waals surface area (Å²) in [5, 5.41) is 0. The topological polar surface area (TPSA) is 26.3 Å². The van der Waals surface area contributed by atoms with Crippen LogP contribution >= 0.6 is 7.37 Å². The Morgan fingerprint density at radius 3 is 2.75 bits per heavy atom. The highest BCUT2D eigenvalue weighted by molar-refractivity contribution is 7.62. The molecular weight excluding hydrogens is 123 g/mol. The number of allylic oxidation sites excluding steroid dienone is 1. The van der Waals surface area contributed by atoms with Gasteiger partial charge >= 0.3 is 0 Å². The summed E-state index contributed by atoms with van der Waals surface area (Å²) in [4.78, 5) is 0. The molecule has 0 N–H and O–H groups in total. The Bertz CT molecular complexity index is 151. The fourth-order valence-electron chi connectivity index (χ4n) is 0.716. The van der Waals surface area contributed by atoms with Crippen molar-refractivity contribution < 1.29 is 9.09 Å². The molecule has 0 saturated carbocycles. The zero-order valence-corrected chi connectivity index (χ0v) is 5.73. The minimum Gasteiger partial charge on any atom is -0.329 e. The zero-order valence-electron chi connectivity index (χ0n) is 4.83. The summed E-state index contributed by atoms with van der Waals surface area (Å²) in [7, 11) is -0.735. The maximum atomic E-state index is 11.1. The van der Waals surface area contributed by atoms with Gasteiger partial charge in [0, 0.05) is 13.3 Å². The van der Waals surface area contributed by atoms with Gasteiger partial charge in [0.1, 0.15) is 0 Å². The van der Waals surface area contributed by atoms with Gasteiger partial charge in [0.15, 0.2) is 0 Å². The lowest BCUT2D eigenvalue weighted by atomic mass is 10.5. The van der Waals surface area contributed by atoms with Crippen LogP contribution in [-0.4, -0.2) is 13.3 Å². The average molecular weight is 132 g/mol. The van der Waals surface area contributed by atoms with Crippen LogP contribution in [0.15, 0.2) is 11.9 Å². The van der Waals surface area contributed by atoms with Crippen LogP contribution < -0.4 is 0 Å². The van der Waals surface area contributed by atoms with Gasteiger partial charge in [0.2, 0.25) is 7.37 Å². The molecule has 3 heteroatoms. The van der Waals surface area contributed by atoms with Crippen molar-refractivity contribution in [1.82, 2.24) is 0 Å². The van der Waals surface area contributed by atoms with Crippen LogP contribution in [0.2, 0.25) is 0 Å². The summed E-state index contributed by atoms with van der Waals surface area (Å²) in [5.74, 6) is 1.69. The zero-order chi connectivity index (χ0) is 6.04. The van der Waals surface area contributed by atoms with Gasteiger partial charge in [-0.2, -0.15) is 0 Å². The highest BCUT2D eigenvalue weighted by Crippen LogP contribution is 2.51. The second-order valence-corrected chi connectivity index (χ2v) is 4.37. The minimum atomic E-state index is -2.23. The van der Waals surface area contributed by atoms with Crippen molar-refractivity contribution in [3.63, 3.8) is 0 Å². The van der Waals surface area contributed by atoms with Crippen molar-refractivity contribution >= 4 is 7.37 Å². The van der Waals surface area contributed by atoms with E-state index in [9.17, 15) is 4.57 Å². The molecule has 0 aromatic heterocycles. The molecule has 2 nitrogen and oxygen atoms in total. The van der Waals surface area contributed by atoms with Crippen LogP contribution in [0.4, 0.5) is 0 Å². The highest BCUT2D eigenvalue weighted by Gasteiger charge is 2.19. The monoisotopic (exact) mass is 132 g/mol. The molecule has 0 amide bonds. The third-order valence-corrected chi connectivity index (χ3v) is 3.41. The number of hydrogen-bond acceptors (Lipinski definition) is 2. The van der Waals surface area contributed by atoms with Crippen LogP contribution in [0.1, 0.15) is 6.42 Å². The molecule has 1 heterocycles. The first-order chi connectivity index (χ1) is 3.77. The van der Waals surface area contributed by atoms with E-state index in [-0.39, 0.29) is 0 Å². The molecule has 1 rings (SSSR count). The first kappa shape index (κ1) is 6.06. The van der Waals surface area contributed by atoms with E-state index in [1.54, 1.807) is 5.82 Å². The molecule has 46 valence electrons. The van der Waals surface area contributed by atoms with Gasteiger partial charge in [-0.15, -0.1) is 0 Å². The predicted octanol–water partition coefficient (Wildman–Crippen LogP) is 1.83. The van der Waals surface area contributed by atoms with Crippen LogP contribution in [0.25, 0.3) is 0 Å². The van der Waals surface area contributed by atoms with Gasteiger partial charge in [0.05, 0.1) is 0 Å². The summed E-state index contributed by atoms with van der Waals surface area (Å²) in [6.45, 7) is 0. The minimum absolute atomic E-state index is 0.698. The van der Waals surface area contributed by atoms with Gasteiger partial charge < -0.3 is 4.52 Å². The molecule has 0 saturated heterocycles. The van der Waals surface area contributed by atoms with Gasteiger partial charge in [-0.05, 0) is 12.2 Å². The Balaban J connectivity index is 2.69. The van der Waals surface area contributed by atoms with Gasteiger partial charge in [-0.25, -0.2) is 0 Å². The predicted molar refractivity (Wildman–Crippen MR) is 33.2 cm³/mol. The lowest BCUT2D eigenvalue weighted by molar-refractivity contribution is 0.404. The molecule has 0 fully saturated rings. The summed E-state index contributed by atoms with van der Waals surface area (Å²) in [5.41, 5.74) is 0. The fourth-order valence-corrected chi connectivity index (χ4v) is 2.15. The number of rotatable bonds is 1. The Kier molecular flexibility index (Phi) is 1.54. The smallest absolute Gasteiger partial charge is 0.224 e. The second-order valence-electron chi connectivity index (χ2n) is 1.81. The largest absolute Gasteiger partial charge is 0.329 e. The Hall–Kier alpha value is -0.0700. The molecule has 0 aliphatic carbocycles. The van der Waals surface area contributed by atoms with Crippen LogP contribution in [-0.2, 0) is 9.09 Å². The molecule has 0 radical (unpaired) electrons. The van der Waals surface area contributed by atoms with Gasteiger partial charge in [-0.1, -0.05) is 6.08 Å². The summed E-state index contributed by atoms with van der Waals surface area (Å²) in [6.07, 6.45) is 3.51.